The van der Waals surface area contributed by atoms with Crippen LogP contribution >= 0.6 is 0 Å². The number of hydrogen-bond donors (Lipinski definition) is 1. The summed E-state index contributed by atoms with van der Waals surface area (Å²) >= 11 is 0. The molecular formula is C25H33N5O2. The molecule has 0 saturated carbocycles. The number of carbonyl (C=O) groups excluding carboxylic acids is 1. The lowest BCUT2D eigenvalue weighted by Crippen LogP contribution is -2.37. The molecule has 0 unspecified atom stereocenters. The predicted octanol–water partition coefficient (Wildman–Crippen LogP) is 3.98. The van der Waals surface area contributed by atoms with E-state index in [1.165, 1.54) is 18.4 Å². The van der Waals surface area contributed by atoms with Gasteiger partial charge >= 0.3 is 0 Å². The molecule has 3 aromatic rings. The third-order valence-corrected chi connectivity index (χ3v) is 6.36. The maximum absolute atomic E-state index is 13.4. The number of hydrogen-bond acceptors (Lipinski definition) is 5. The van der Waals surface area contributed by atoms with E-state index in [1.54, 1.807) is 11.8 Å². The lowest BCUT2D eigenvalue weighted by molar-refractivity contribution is 0.0939. The van der Waals surface area contributed by atoms with E-state index < -0.39 is 0 Å². The van der Waals surface area contributed by atoms with Gasteiger partial charge in [0.15, 0.2) is 5.65 Å². The second kappa shape index (κ2) is 9.28. The standard InChI is InChI=1S/C25H33N5O2/c1-16(2)21-14-20(23-17(3)28-29(4)24(23)27-21)25(31)26-15-22(30-12-6-7-13-30)18-8-10-19(32-5)11-9-18/h8-11,14,16,22H,6-7,12-13,15H2,1-5H3,(H,26,31)/t22-/m0/s1. The fourth-order valence-corrected chi connectivity index (χ4v) is 4.56. The Kier molecular flexibility index (Phi) is 6.46. The van der Waals surface area contributed by atoms with Crippen molar-refractivity contribution in [3.05, 3.63) is 52.8 Å². The first kappa shape index (κ1) is 22.3. The molecule has 1 atom stereocenters. The van der Waals surface area contributed by atoms with E-state index in [0.29, 0.717) is 12.1 Å². The zero-order chi connectivity index (χ0) is 22.8. The van der Waals surface area contributed by atoms with Crippen molar-refractivity contribution in [1.82, 2.24) is 25.0 Å². The number of aromatic nitrogens is 3. The Labute approximate surface area is 189 Å². The predicted molar refractivity (Wildman–Crippen MR) is 126 cm³/mol. The van der Waals surface area contributed by atoms with E-state index in [1.807, 2.05) is 32.2 Å². The Morgan fingerprint density at radius 3 is 2.50 bits per heavy atom. The van der Waals surface area contributed by atoms with Gasteiger partial charge in [-0.2, -0.15) is 5.10 Å². The van der Waals surface area contributed by atoms with Gasteiger partial charge in [0.05, 0.1) is 29.8 Å². The molecule has 7 nitrogen and oxygen atoms in total. The number of nitrogens with one attached hydrogen (secondary N) is 1. The van der Waals surface area contributed by atoms with E-state index in [4.69, 9.17) is 9.72 Å². The molecule has 3 heterocycles. The van der Waals surface area contributed by atoms with Gasteiger partial charge in [0.2, 0.25) is 0 Å². The molecule has 0 aliphatic carbocycles. The molecule has 0 radical (unpaired) electrons. The van der Waals surface area contributed by atoms with Crippen LogP contribution in [0.3, 0.4) is 0 Å². The number of aryl methyl sites for hydroxylation is 2. The number of rotatable bonds is 7. The van der Waals surface area contributed by atoms with Crippen molar-refractivity contribution in [2.75, 3.05) is 26.7 Å². The first-order chi connectivity index (χ1) is 15.4. The molecule has 1 aliphatic heterocycles. The highest BCUT2D eigenvalue weighted by Crippen LogP contribution is 2.28. The molecule has 1 amide bonds. The maximum Gasteiger partial charge on any atom is 0.252 e. The summed E-state index contributed by atoms with van der Waals surface area (Å²) in [6.07, 6.45) is 2.39. The van der Waals surface area contributed by atoms with Gasteiger partial charge in [-0.05, 0) is 62.5 Å². The number of methoxy groups -OCH3 is 1. The van der Waals surface area contributed by atoms with Gasteiger partial charge in [-0.1, -0.05) is 26.0 Å². The summed E-state index contributed by atoms with van der Waals surface area (Å²) in [6.45, 7) is 8.75. The van der Waals surface area contributed by atoms with Crippen LogP contribution < -0.4 is 10.1 Å². The molecule has 0 spiro atoms. The normalized spacial score (nSPS) is 15.4. The number of pyridine rings is 1. The highest BCUT2D eigenvalue weighted by Gasteiger charge is 2.25. The minimum absolute atomic E-state index is 0.0758. The number of benzene rings is 1. The highest BCUT2D eigenvalue weighted by molar-refractivity contribution is 6.06. The molecule has 1 fully saturated rings. The number of nitrogens with zero attached hydrogens (tertiary/aromatic N) is 4. The van der Waals surface area contributed by atoms with Crippen LogP contribution in [-0.2, 0) is 7.05 Å². The molecule has 1 aromatic carbocycles. The van der Waals surface area contributed by atoms with Crippen molar-refractivity contribution in [2.45, 2.75) is 45.6 Å². The zero-order valence-corrected chi connectivity index (χ0v) is 19.7. The molecule has 170 valence electrons. The van der Waals surface area contributed by atoms with E-state index in [-0.39, 0.29) is 17.9 Å². The van der Waals surface area contributed by atoms with Crippen LogP contribution in [0, 0.1) is 6.92 Å². The SMILES string of the molecule is COc1ccc([C@H](CNC(=O)c2cc(C(C)C)nc3c2c(C)nn3C)N2CCCC2)cc1. The number of amides is 1. The molecular weight excluding hydrogens is 402 g/mol. The minimum Gasteiger partial charge on any atom is -0.497 e. The van der Waals surface area contributed by atoms with Crippen LogP contribution in [0.25, 0.3) is 11.0 Å². The third kappa shape index (κ3) is 4.35. The van der Waals surface area contributed by atoms with Crippen molar-refractivity contribution in [3.63, 3.8) is 0 Å². The Balaban J connectivity index is 1.62. The maximum atomic E-state index is 13.4. The van der Waals surface area contributed by atoms with Gasteiger partial charge in [0.1, 0.15) is 5.75 Å². The first-order valence-corrected chi connectivity index (χ1v) is 11.4. The number of carbonyl (C=O) groups is 1. The average molecular weight is 436 g/mol. The smallest absolute Gasteiger partial charge is 0.252 e. The molecule has 4 rings (SSSR count). The lowest BCUT2D eigenvalue weighted by Gasteiger charge is -2.28. The average Bonchev–Trinajstić information content (AvgIpc) is 3.42. The van der Waals surface area contributed by atoms with Gasteiger partial charge in [0.25, 0.3) is 5.91 Å². The minimum atomic E-state index is -0.0758. The Hall–Kier alpha value is -2.93. The molecule has 1 aliphatic rings. The number of likely N-dealkylation sites (tertiary alicyclic amines) is 1. The Morgan fingerprint density at radius 1 is 1.19 bits per heavy atom. The summed E-state index contributed by atoms with van der Waals surface area (Å²) in [7, 11) is 3.55. The van der Waals surface area contributed by atoms with Gasteiger partial charge in [-0.25, -0.2) is 4.98 Å². The largest absolute Gasteiger partial charge is 0.497 e. The summed E-state index contributed by atoms with van der Waals surface area (Å²) in [5.41, 5.74) is 4.32. The van der Waals surface area contributed by atoms with E-state index in [0.717, 1.165) is 41.3 Å². The quantitative estimate of drug-likeness (QED) is 0.608. The van der Waals surface area contributed by atoms with Crippen molar-refractivity contribution >= 4 is 16.9 Å². The molecule has 1 saturated heterocycles. The zero-order valence-electron chi connectivity index (χ0n) is 19.7. The fourth-order valence-electron chi connectivity index (χ4n) is 4.56. The molecule has 1 N–H and O–H groups in total. The first-order valence-electron chi connectivity index (χ1n) is 11.4. The molecule has 2 aromatic heterocycles. The summed E-state index contributed by atoms with van der Waals surface area (Å²) in [4.78, 5) is 20.6. The summed E-state index contributed by atoms with van der Waals surface area (Å²) < 4.78 is 7.08. The lowest BCUT2D eigenvalue weighted by atomic mass is 10.0. The van der Waals surface area contributed by atoms with Gasteiger partial charge in [0, 0.05) is 19.3 Å². The van der Waals surface area contributed by atoms with Crippen molar-refractivity contribution in [3.8, 4) is 5.75 Å². The topological polar surface area (TPSA) is 72.3 Å². The second-order valence-electron chi connectivity index (χ2n) is 8.90. The fraction of sp³-hybridized carbons (Fsp3) is 0.480. The number of fused-ring (bicyclic) bond motifs is 1. The Morgan fingerprint density at radius 2 is 1.88 bits per heavy atom. The van der Waals surface area contributed by atoms with Gasteiger partial charge in [-0.3, -0.25) is 14.4 Å². The van der Waals surface area contributed by atoms with Crippen LogP contribution in [0.2, 0.25) is 0 Å². The third-order valence-electron chi connectivity index (χ3n) is 6.36. The van der Waals surface area contributed by atoms with Crippen LogP contribution in [0.5, 0.6) is 5.75 Å². The van der Waals surface area contributed by atoms with E-state index in [2.05, 4.69) is 41.3 Å². The summed E-state index contributed by atoms with van der Waals surface area (Å²) in [5.74, 6) is 0.983. The van der Waals surface area contributed by atoms with Crippen LogP contribution in [0.4, 0.5) is 0 Å². The number of ether oxygens (including phenoxy) is 1. The van der Waals surface area contributed by atoms with Gasteiger partial charge < -0.3 is 10.1 Å². The van der Waals surface area contributed by atoms with E-state index in [9.17, 15) is 4.79 Å². The monoisotopic (exact) mass is 435 g/mol. The van der Waals surface area contributed by atoms with E-state index >= 15 is 0 Å². The summed E-state index contributed by atoms with van der Waals surface area (Å²) in [5, 5.41) is 8.56. The molecule has 7 heteroatoms. The van der Waals surface area contributed by atoms with Crippen molar-refractivity contribution in [1.29, 1.82) is 0 Å². The molecule has 32 heavy (non-hydrogen) atoms. The van der Waals surface area contributed by atoms with Crippen LogP contribution in [-0.4, -0.2) is 52.3 Å². The molecule has 0 bridgehead atoms. The van der Waals surface area contributed by atoms with Crippen LogP contribution in [0.15, 0.2) is 30.3 Å². The highest BCUT2D eigenvalue weighted by atomic mass is 16.5. The summed E-state index contributed by atoms with van der Waals surface area (Å²) in [6, 6.07) is 10.2. The van der Waals surface area contributed by atoms with Crippen LogP contribution in [0.1, 0.15) is 66.0 Å². The van der Waals surface area contributed by atoms with Gasteiger partial charge in [-0.15, -0.1) is 0 Å². The van der Waals surface area contributed by atoms with Crippen molar-refractivity contribution < 1.29 is 9.53 Å². The van der Waals surface area contributed by atoms with Crippen molar-refractivity contribution in [2.24, 2.45) is 7.05 Å². The Bertz CT molecular complexity index is 1100. The second-order valence-corrected chi connectivity index (χ2v) is 8.90.